The maximum absolute atomic E-state index is 12.6. The van der Waals surface area contributed by atoms with Gasteiger partial charge in [-0.25, -0.2) is 0 Å². The molecule has 18 heavy (non-hydrogen) atoms. The largest absolute Gasteiger partial charge is 0.354 e. The van der Waals surface area contributed by atoms with E-state index in [1.807, 2.05) is 0 Å². The molecule has 1 N–H and O–H groups in total. The number of alkyl halides is 1. The van der Waals surface area contributed by atoms with Gasteiger partial charge < -0.3 is 5.32 Å². The van der Waals surface area contributed by atoms with Crippen LogP contribution in [-0.4, -0.2) is 17.3 Å². The summed E-state index contributed by atoms with van der Waals surface area (Å²) >= 11 is 3.60. The molecule has 0 aromatic rings. The summed E-state index contributed by atoms with van der Waals surface area (Å²) in [5.41, 5.74) is 0.0230. The van der Waals surface area contributed by atoms with Gasteiger partial charge >= 0.3 is 0 Å². The molecule has 1 unspecified atom stereocenters. The topological polar surface area (TPSA) is 29.1 Å². The molecule has 0 aliphatic heterocycles. The van der Waals surface area contributed by atoms with Crippen molar-refractivity contribution in [2.45, 2.75) is 56.7 Å². The molecule has 2 nitrogen and oxygen atoms in total. The predicted octanol–water partition coefficient (Wildman–Crippen LogP) is 3.49. The average molecular weight is 314 g/mol. The molecule has 0 aromatic heterocycles. The van der Waals surface area contributed by atoms with Gasteiger partial charge in [0.1, 0.15) is 0 Å². The first-order valence-electron chi connectivity index (χ1n) is 7.53. The Labute approximate surface area is 118 Å². The van der Waals surface area contributed by atoms with Crippen LogP contribution in [0.15, 0.2) is 0 Å². The smallest absolute Gasteiger partial charge is 0.226 e. The van der Waals surface area contributed by atoms with Crippen LogP contribution in [0.25, 0.3) is 0 Å². The van der Waals surface area contributed by atoms with Crippen molar-refractivity contribution in [2.75, 3.05) is 6.54 Å². The molecule has 1 amide bonds. The molecular weight excluding hydrogens is 290 g/mol. The number of rotatable bonds is 4. The van der Waals surface area contributed by atoms with Gasteiger partial charge in [-0.15, -0.1) is 0 Å². The van der Waals surface area contributed by atoms with E-state index < -0.39 is 0 Å². The zero-order valence-electron chi connectivity index (χ0n) is 11.3. The first-order chi connectivity index (χ1) is 8.61. The molecule has 4 fully saturated rings. The van der Waals surface area contributed by atoms with Crippen LogP contribution in [0, 0.1) is 23.2 Å². The maximum atomic E-state index is 12.6. The molecule has 0 spiro atoms. The summed E-state index contributed by atoms with van der Waals surface area (Å²) in [4.78, 5) is 13.0. The average Bonchev–Trinajstić information content (AvgIpc) is 2.33. The first kappa shape index (κ1) is 13.0. The fraction of sp³-hybridized carbons (Fsp3) is 0.933. The van der Waals surface area contributed by atoms with Gasteiger partial charge in [-0.2, -0.15) is 0 Å². The minimum atomic E-state index is 0.0230. The highest BCUT2D eigenvalue weighted by atomic mass is 79.9. The van der Waals surface area contributed by atoms with E-state index in [4.69, 9.17) is 0 Å². The Hall–Kier alpha value is -0.0500. The summed E-state index contributed by atoms with van der Waals surface area (Å²) < 4.78 is 0. The van der Waals surface area contributed by atoms with E-state index >= 15 is 0 Å². The highest BCUT2D eigenvalue weighted by Gasteiger charge is 2.54. The molecule has 0 saturated heterocycles. The number of hydrogen-bond donors (Lipinski definition) is 1. The molecule has 3 heteroatoms. The molecule has 4 aliphatic carbocycles. The highest BCUT2D eigenvalue weighted by molar-refractivity contribution is 9.09. The summed E-state index contributed by atoms with van der Waals surface area (Å²) in [7, 11) is 0. The molecule has 4 saturated carbocycles. The Morgan fingerprint density at radius 2 is 1.72 bits per heavy atom. The van der Waals surface area contributed by atoms with Crippen LogP contribution in [0.1, 0.15) is 51.9 Å². The Morgan fingerprint density at radius 1 is 1.22 bits per heavy atom. The normalized spacial score (nSPS) is 42.9. The first-order valence-corrected chi connectivity index (χ1v) is 8.45. The monoisotopic (exact) mass is 313 g/mol. The van der Waals surface area contributed by atoms with Gasteiger partial charge in [-0.3, -0.25) is 4.79 Å². The van der Waals surface area contributed by atoms with Gasteiger partial charge in [-0.05, 0) is 62.7 Å². The van der Waals surface area contributed by atoms with E-state index in [1.165, 1.54) is 38.5 Å². The maximum Gasteiger partial charge on any atom is 0.226 e. The quantitative estimate of drug-likeness (QED) is 0.791. The molecule has 0 aromatic carbocycles. The molecule has 0 radical (unpaired) electrons. The summed E-state index contributed by atoms with van der Waals surface area (Å²) in [6, 6.07) is 0. The van der Waals surface area contributed by atoms with Crippen LogP contribution < -0.4 is 5.32 Å². The van der Waals surface area contributed by atoms with E-state index in [-0.39, 0.29) is 5.41 Å². The molecule has 4 rings (SSSR count). The highest BCUT2D eigenvalue weighted by Crippen LogP contribution is 2.60. The van der Waals surface area contributed by atoms with Crippen molar-refractivity contribution in [1.29, 1.82) is 0 Å². The van der Waals surface area contributed by atoms with Crippen molar-refractivity contribution >= 4 is 21.8 Å². The fourth-order valence-corrected chi connectivity index (χ4v) is 5.09. The SMILES string of the molecule is CCC(Br)CNC(=O)C12CC3CC(CC(C3)C1)C2. The fourth-order valence-electron chi connectivity index (χ4n) is 4.92. The molecule has 102 valence electrons. The van der Waals surface area contributed by atoms with Crippen LogP contribution in [0.3, 0.4) is 0 Å². The number of carbonyl (C=O) groups is 1. The molecule has 0 heterocycles. The standard InChI is InChI=1S/C15H24BrNO/c1-2-13(16)9-17-14(18)15-6-10-3-11(7-15)5-12(4-10)8-15/h10-13H,2-9H2,1H3,(H,17,18). The lowest BCUT2D eigenvalue weighted by molar-refractivity contribution is -0.146. The lowest BCUT2D eigenvalue weighted by Gasteiger charge is -2.55. The second-order valence-corrected chi connectivity index (χ2v) is 8.21. The van der Waals surface area contributed by atoms with Gasteiger partial charge in [0.2, 0.25) is 5.91 Å². The van der Waals surface area contributed by atoms with Gasteiger partial charge in [0.05, 0.1) is 0 Å². The third-order valence-corrected chi connectivity index (χ3v) is 6.42. The predicted molar refractivity (Wildman–Crippen MR) is 76.6 cm³/mol. The van der Waals surface area contributed by atoms with E-state index in [0.717, 1.165) is 30.7 Å². The van der Waals surface area contributed by atoms with Crippen molar-refractivity contribution in [1.82, 2.24) is 5.32 Å². The van der Waals surface area contributed by atoms with Gasteiger partial charge in [-0.1, -0.05) is 22.9 Å². The second kappa shape index (κ2) is 4.81. The lowest BCUT2D eigenvalue weighted by Crippen LogP contribution is -2.54. The minimum absolute atomic E-state index is 0.0230. The van der Waals surface area contributed by atoms with E-state index in [2.05, 4.69) is 28.2 Å². The van der Waals surface area contributed by atoms with E-state index in [1.54, 1.807) is 0 Å². The Bertz CT molecular complexity index is 306. The van der Waals surface area contributed by atoms with Gasteiger partial charge in [0.15, 0.2) is 0 Å². The third kappa shape index (κ3) is 2.23. The molecular formula is C15H24BrNO. The zero-order valence-corrected chi connectivity index (χ0v) is 12.8. The van der Waals surface area contributed by atoms with Gasteiger partial charge in [0, 0.05) is 16.8 Å². The summed E-state index contributed by atoms with van der Waals surface area (Å²) in [5.74, 6) is 2.92. The number of amides is 1. The van der Waals surface area contributed by atoms with Crippen LogP contribution >= 0.6 is 15.9 Å². The molecule has 4 bridgehead atoms. The van der Waals surface area contributed by atoms with Crippen molar-refractivity contribution in [3.8, 4) is 0 Å². The third-order valence-electron chi connectivity index (χ3n) is 5.45. The van der Waals surface area contributed by atoms with Crippen molar-refractivity contribution < 1.29 is 4.79 Å². The lowest BCUT2D eigenvalue weighted by atomic mass is 9.49. The number of halogens is 1. The van der Waals surface area contributed by atoms with Crippen molar-refractivity contribution in [3.63, 3.8) is 0 Å². The minimum Gasteiger partial charge on any atom is -0.354 e. The Kier molecular flexibility index (Phi) is 3.46. The van der Waals surface area contributed by atoms with Crippen LogP contribution in [-0.2, 0) is 4.79 Å². The summed E-state index contributed by atoms with van der Waals surface area (Å²) in [6.07, 6.45) is 8.80. The number of nitrogens with one attached hydrogen (secondary N) is 1. The van der Waals surface area contributed by atoms with Crippen LogP contribution in [0.4, 0.5) is 0 Å². The Balaban J connectivity index is 1.66. The van der Waals surface area contributed by atoms with E-state index in [0.29, 0.717) is 10.7 Å². The van der Waals surface area contributed by atoms with Crippen molar-refractivity contribution in [3.05, 3.63) is 0 Å². The second-order valence-electron chi connectivity index (χ2n) is 6.91. The van der Waals surface area contributed by atoms with Crippen LogP contribution in [0.5, 0.6) is 0 Å². The van der Waals surface area contributed by atoms with Crippen LogP contribution in [0.2, 0.25) is 0 Å². The summed E-state index contributed by atoms with van der Waals surface area (Å²) in [5, 5.41) is 3.20. The summed E-state index contributed by atoms with van der Waals surface area (Å²) in [6.45, 7) is 2.94. The molecule has 4 aliphatic rings. The van der Waals surface area contributed by atoms with E-state index in [9.17, 15) is 4.79 Å². The zero-order chi connectivity index (χ0) is 12.8. The van der Waals surface area contributed by atoms with Crippen molar-refractivity contribution in [2.24, 2.45) is 23.2 Å². The Morgan fingerprint density at radius 3 is 2.17 bits per heavy atom. The molecule has 1 atom stereocenters. The number of carbonyl (C=O) groups excluding carboxylic acids is 1. The number of hydrogen-bond acceptors (Lipinski definition) is 1. The van der Waals surface area contributed by atoms with Gasteiger partial charge in [0.25, 0.3) is 0 Å².